The third-order valence-corrected chi connectivity index (χ3v) is 6.38. The number of carbonyl (C=O) groups is 1. The van der Waals surface area contributed by atoms with Gasteiger partial charge >= 0.3 is 6.18 Å². The van der Waals surface area contributed by atoms with Crippen molar-refractivity contribution in [1.29, 1.82) is 0 Å². The third-order valence-electron chi connectivity index (χ3n) is 6.38. The molecule has 0 saturated carbocycles. The number of rotatable bonds is 5. The predicted molar refractivity (Wildman–Crippen MR) is 129 cm³/mol. The number of nitrogens with one attached hydrogen (secondary N) is 2. The van der Waals surface area contributed by atoms with E-state index >= 15 is 0 Å². The monoisotopic (exact) mass is 512 g/mol. The second kappa shape index (κ2) is 9.34. The first-order valence-corrected chi connectivity index (χ1v) is 11.5. The maximum absolute atomic E-state index is 14.9. The molecule has 0 radical (unpaired) electrons. The van der Waals surface area contributed by atoms with Crippen LogP contribution in [0.3, 0.4) is 0 Å². The standard InChI is InChI=1S/C27H21F5N4O/c1-33-22-12-16(8-10-34-22)25-23(15-3-6-19(28)7-4-15)24-21(9-11-35-26(24)37)36(25)14-17-2-5-18(13-20(17)29)27(30,31)32/h2-8,10,12-13H,9,11,14H2,1H3,(H,33,34)(H,35,37). The molecule has 1 aliphatic rings. The molecule has 5 nitrogen and oxygen atoms in total. The van der Waals surface area contributed by atoms with Crippen LogP contribution in [0.15, 0.2) is 60.8 Å². The van der Waals surface area contributed by atoms with Gasteiger partial charge in [0.05, 0.1) is 23.4 Å². The smallest absolute Gasteiger partial charge is 0.373 e. The second-order valence-corrected chi connectivity index (χ2v) is 8.63. The summed E-state index contributed by atoms with van der Waals surface area (Å²) in [6, 6.07) is 11.6. The van der Waals surface area contributed by atoms with Crippen molar-refractivity contribution in [2.45, 2.75) is 19.1 Å². The molecule has 1 amide bonds. The van der Waals surface area contributed by atoms with Gasteiger partial charge in [0.15, 0.2) is 0 Å². The minimum Gasteiger partial charge on any atom is -0.373 e. The number of hydrogen-bond acceptors (Lipinski definition) is 3. The summed E-state index contributed by atoms with van der Waals surface area (Å²) in [5.41, 5.74) is 2.21. The third kappa shape index (κ3) is 4.54. The van der Waals surface area contributed by atoms with E-state index in [1.165, 1.54) is 12.1 Å². The zero-order chi connectivity index (χ0) is 26.3. The van der Waals surface area contributed by atoms with Crippen LogP contribution in [0, 0.1) is 11.6 Å². The number of alkyl halides is 3. The van der Waals surface area contributed by atoms with Crippen molar-refractivity contribution in [3.05, 3.63) is 94.8 Å². The summed E-state index contributed by atoms with van der Waals surface area (Å²) in [5, 5.41) is 5.78. The molecule has 1 aliphatic heterocycles. The number of hydrogen-bond donors (Lipinski definition) is 2. The Kier molecular flexibility index (Phi) is 6.18. The average Bonchev–Trinajstić information content (AvgIpc) is 3.20. The van der Waals surface area contributed by atoms with E-state index in [4.69, 9.17) is 0 Å². The summed E-state index contributed by atoms with van der Waals surface area (Å²) in [4.78, 5) is 17.4. The summed E-state index contributed by atoms with van der Waals surface area (Å²) < 4.78 is 69.8. The highest BCUT2D eigenvalue weighted by Gasteiger charge is 2.33. The van der Waals surface area contributed by atoms with Gasteiger partial charge in [0.1, 0.15) is 17.5 Å². The van der Waals surface area contributed by atoms with Crippen molar-refractivity contribution in [2.24, 2.45) is 0 Å². The molecule has 5 rings (SSSR count). The largest absolute Gasteiger partial charge is 0.416 e. The van der Waals surface area contributed by atoms with Crippen LogP contribution in [-0.4, -0.2) is 29.1 Å². The Labute approximate surface area is 209 Å². The fraction of sp³-hybridized carbons (Fsp3) is 0.185. The fourth-order valence-electron chi connectivity index (χ4n) is 4.66. The topological polar surface area (TPSA) is 59.0 Å². The van der Waals surface area contributed by atoms with Crippen molar-refractivity contribution in [2.75, 3.05) is 18.9 Å². The number of carbonyl (C=O) groups excluding carboxylic acids is 1. The van der Waals surface area contributed by atoms with Crippen LogP contribution in [-0.2, 0) is 19.1 Å². The summed E-state index contributed by atoms with van der Waals surface area (Å²) in [5.74, 6) is -1.25. The van der Waals surface area contributed by atoms with Crippen LogP contribution in [0.5, 0.6) is 0 Å². The summed E-state index contributed by atoms with van der Waals surface area (Å²) in [6.07, 6.45) is -2.68. The van der Waals surface area contributed by atoms with Gasteiger partial charge in [-0.2, -0.15) is 13.2 Å². The molecular formula is C27H21F5N4O. The normalized spacial score (nSPS) is 13.3. The SMILES string of the molecule is CNc1cc(-c2c(-c3ccc(F)cc3)c3c(n2Cc2ccc(C(F)(F)F)cc2F)CCNC3=O)ccn1. The number of nitrogens with zero attached hydrogens (tertiary/aromatic N) is 2. The Balaban J connectivity index is 1.78. The minimum absolute atomic E-state index is 0.0339. The maximum atomic E-state index is 14.9. The fourth-order valence-corrected chi connectivity index (χ4v) is 4.66. The Morgan fingerprint density at radius 1 is 1.00 bits per heavy atom. The van der Waals surface area contributed by atoms with Crippen molar-refractivity contribution in [3.63, 3.8) is 0 Å². The molecule has 10 heteroatoms. The minimum atomic E-state index is -4.68. The number of halogens is 5. The highest BCUT2D eigenvalue weighted by atomic mass is 19.4. The first-order valence-electron chi connectivity index (χ1n) is 11.5. The van der Waals surface area contributed by atoms with E-state index in [1.807, 2.05) is 0 Å². The van der Waals surface area contributed by atoms with Crippen LogP contribution in [0.1, 0.15) is 27.2 Å². The van der Waals surface area contributed by atoms with Crippen molar-refractivity contribution in [3.8, 4) is 22.4 Å². The molecule has 0 aliphatic carbocycles. The lowest BCUT2D eigenvalue weighted by molar-refractivity contribution is -0.137. The molecule has 3 heterocycles. The van der Waals surface area contributed by atoms with Gasteiger partial charge in [0.25, 0.3) is 5.91 Å². The van der Waals surface area contributed by atoms with Crippen molar-refractivity contribution < 1.29 is 26.7 Å². The molecule has 0 bridgehead atoms. The van der Waals surface area contributed by atoms with Crippen LogP contribution < -0.4 is 10.6 Å². The highest BCUT2D eigenvalue weighted by Crippen LogP contribution is 2.42. The lowest BCUT2D eigenvalue weighted by Crippen LogP contribution is -2.32. The van der Waals surface area contributed by atoms with Gasteiger partial charge in [-0.25, -0.2) is 13.8 Å². The van der Waals surface area contributed by atoms with Crippen molar-refractivity contribution in [1.82, 2.24) is 14.9 Å². The lowest BCUT2D eigenvalue weighted by atomic mass is 9.95. The highest BCUT2D eigenvalue weighted by molar-refractivity contribution is 6.07. The van der Waals surface area contributed by atoms with Crippen LogP contribution in [0.25, 0.3) is 22.4 Å². The summed E-state index contributed by atoms with van der Waals surface area (Å²) in [7, 11) is 1.70. The van der Waals surface area contributed by atoms with Gasteiger partial charge in [-0.05, 0) is 42.0 Å². The van der Waals surface area contributed by atoms with Gasteiger partial charge in [-0.3, -0.25) is 4.79 Å². The molecule has 0 saturated heterocycles. The van der Waals surface area contributed by atoms with E-state index in [1.54, 1.807) is 42.1 Å². The molecule has 37 heavy (non-hydrogen) atoms. The van der Waals surface area contributed by atoms with E-state index in [0.717, 1.165) is 12.1 Å². The number of fused-ring (bicyclic) bond motifs is 1. The number of anilines is 1. The van der Waals surface area contributed by atoms with E-state index < -0.39 is 23.4 Å². The molecule has 0 atom stereocenters. The zero-order valence-electron chi connectivity index (χ0n) is 19.6. The van der Waals surface area contributed by atoms with E-state index in [2.05, 4.69) is 15.6 Å². The summed E-state index contributed by atoms with van der Waals surface area (Å²) in [6.45, 7) is 0.221. The molecule has 2 N–H and O–H groups in total. The van der Waals surface area contributed by atoms with Crippen LogP contribution in [0.2, 0.25) is 0 Å². The molecule has 190 valence electrons. The van der Waals surface area contributed by atoms with Gasteiger partial charge in [-0.15, -0.1) is 0 Å². The number of amides is 1. The molecule has 4 aromatic rings. The Hall–Kier alpha value is -4.21. The zero-order valence-corrected chi connectivity index (χ0v) is 19.6. The van der Waals surface area contributed by atoms with Gasteiger partial charge in [-0.1, -0.05) is 18.2 Å². The van der Waals surface area contributed by atoms with Gasteiger partial charge in [0, 0.05) is 48.6 Å². The molecule has 0 fully saturated rings. The molecule has 2 aromatic carbocycles. The predicted octanol–water partition coefficient (Wildman–Crippen LogP) is 5.89. The molecule has 2 aromatic heterocycles. The second-order valence-electron chi connectivity index (χ2n) is 8.63. The number of benzene rings is 2. The van der Waals surface area contributed by atoms with Crippen LogP contribution >= 0.6 is 0 Å². The Morgan fingerprint density at radius 3 is 2.43 bits per heavy atom. The number of aromatic nitrogens is 2. The Bertz CT molecular complexity index is 1490. The molecule has 0 spiro atoms. The maximum Gasteiger partial charge on any atom is 0.416 e. The van der Waals surface area contributed by atoms with Crippen molar-refractivity contribution >= 4 is 11.7 Å². The number of pyridine rings is 1. The molecular weight excluding hydrogens is 491 g/mol. The Morgan fingerprint density at radius 2 is 1.76 bits per heavy atom. The van der Waals surface area contributed by atoms with Crippen LogP contribution in [0.4, 0.5) is 27.8 Å². The average molecular weight is 512 g/mol. The van der Waals surface area contributed by atoms with Gasteiger partial charge < -0.3 is 15.2 Å². The molecule has 0 unspecified atom stereocenters. The first kappa shape index (κ1) is 24.5. The van der Waals surface area contributed by atoms with E-state index in [-0.39, 0.29) is 18.0 Å². The first-order chi connectivity index (χ1) is 17.7. The van der Waals surface area contributed by atoms with Gasteiger partial charge in [0.2, 0.25) is 0 Å². The summed E-state index contributed by atoms with van der Waals surface area (Å²) >= 11 is 0. The quantitative estimate of drug-likeness (QED) is 0.328. The van der Waals surface area contributed by atoms with E-state index in [0.29, 0.717) is 58.5 Å². The van der Waals surface area contributed by atoms with E-state index in [9.17, 15) is 26.7 Å². The lowest BCUT2D eigenvalue weighted by Gasteiger charge is -2.18.